The number of carbonyl (C=O) groups excluding carboxylic acids is 1. The first-order chi connectivity index (χ1) is 15.3. The maximum atomic E-state index is 12.2. The summed E-state index contributed by atoms with van der Waals surface area (Å²) in [6.45, 7) is 5.62. The minimum absolute atomic E-state index is 0.125. The number of piperidine rings is 1. The highest BCUT2D eigenvalue weighted by molar-refractivity contribution is 6.04. The Bertz CT molecular complexity index is 1170. The lowest BCUT2D eigenvalue weighted by molar-refractivity contribution is 0.100. The van der Waals surface area contributed by atoms with Crippen molar-refractivity contribution < 1.29 is 14.6 Å². The fourth-order valence-electron chi connectivity index (χ4n) is 4.22. The average molecular weight is 433 g/mol. The Labute approximate surface area is 187 Å². The lowest BCUT2D eigenvalue weighted by Gasteiger charge is -2.23. The number of nitrogens with zero attached hydrogens (tertiary/aromatic N) is 1. The Morgan fingerprint density at radius 1 is 1.12 bits per heavy atom. The number of primary amides is 1. The van der Waals surface area contributed by atoms with Crippen LogP contribution in [0.15, 0.2) is 42.6 Å². The van der Waals surface area contributed by atoms with Crippen molar-refractivity contribution in [2.75, 3.05) is 18.8 Å². The number of nitrogen functional groups attached to an aromatic ring is 1. The van der Waals surface area contributed by atoms with Crippen molar-refractivity contribution in [3.8, 4) is 33.9 Å². The summed E-state index contributed by atoms with van der Waals surface area (Å²) in [6.07, 6.45) is 3.68. The predicted octanol–water partition coefficient (Wildman–Crippen LogP) is 3.55. The number of rotatable bonds is 5. The monoisotopic (exact) mass is 432 g/mol. The molecule has 0 radical (unpaired) electrons. The first-order valence-corrected chi connectivity index (χ1v) is 10.7. The molecule has 1 fully saturated rings. The average Bonchev–Trinajstić information content (AvgIpc) is 2.78. The third-order valence-electron chi connectivity index (χ3n) is 6.00. The minimum atomic E-state index is -0.610. The molecule has 0 bridgehead atoms. The van der Waals surface area contributed by atoms with Gasteiger partial charge in [-0.25, -0.2) is 4.98 Å². The molecule has 32 heavy (non-hydrogen) atoms. The van der Waals surface area contributed by atoms with Crippen LogP contribution in [0.1, 0.15) is 34.3 Å². The Morgan fingerprint density at radius 3 is 2.59 bits per heavy atom. The van der Waals surface area contributed by atoms with Crippen LogP contribution in [-0.4, -0.2) is 35.2 Å². The van der Waals surface area contributed by atoms with Gasteiger partial charge in [0, 0.05) is 17.8 Å². The lowest BCUT2D eigenvalue weighted by Crippen LogP contribution is -2.34. The summed E-state index contributed by atoms with van der Waals surface area (Å²) in [5, 5.41) is 13.6. The van der Waals surface area contributed by atoms with Gasteiger partial charge < -0.3 is 26.6 Å². The maximum Gasteiger partial charge on any atom is 0.250 e. The van der Waals surface area contributed by atoms with Crippen molar-refractivity contribution in [3.63, 3.8) is 0 Å². The highest BCUT2D eigenvalue weighted by Gasteiger charge is 2.20. The van der Waals surface area contributed by atoms with E-state index < -0.39 is 5.91 Å². The molecule has 1 aliphatic heterocycles. The normalized spacial score (nSPS) is 14.3. The van der Waals surface area contributed by atoms with Gasteiger partial charge in [-0.2, -0.15) is 0 Å². The SMILES string of the molecule is Cc1ccc(O)c(C)c1-c1cc(-c2ccnc(OC3CCNCC3)c2)cc(C(N)=O)c1N. The molecular formula is C25H28N4O3. The second-order valence-corrected chi connectivity index (χ2v) is 8.20. The first-order valence-electron chi connectivity index (χ1n) is 10.7. The van der Waals surface area contributed by atoms with Crippen molar-refractivity contribution in [3.05, 3.63) is 59.3 Å². The molecule has 1 aromatic heterocycles. The van der Waals surface area contributed by atoms with E-state index in [1.807, 2.05) is 38.1 Å². The number of pyridine rings is 1. The maximum absolute atomic E-state index is 12.2. The Hall–Kier alpha value is -3.58. The Morgan fingerprint density at radius 2 is 1.88 bits per heavy atom. The molecule has 3 aromatic rings. The van der Waals surface area contributed by atoms with Gasteiger partial charge in [-0.15, -0.1) is 0 Å². The molecule has 1 saturated heterocycles. The second kappa shape index (κ2) is 8.88. The van der Waals surface area contributed by atoms with E-state index in [1.165, 1.54) is 0 Å². The van der Waals surface area contributed by atoms with E-state index in [-0.39, 0.29) is 17.4 Å². The van der Waals surface area contributed by atoms with Gasteiger partial charge in [-0.05, 0) is 91.9 Å². The summed E-state index contributed by atoms with van der Waals surface area (Å²) in [4.78, 5) is 16.6. The third kappa shape index (κ3) is 4.24. The minimum Gasteiger partial charge on any atom is -0.508 e. The van der Waals surface area contributed by atoms with Crippen molar-refractivity contribution in [2.24, 2.45) is 5.73 Å². The van der Waals surface area contributed by atoms with Crippen molar-refractivity contribution in [1.82, 2.24) is 10.3 Å². The summed E-state index contributed by atoms with van der Waals surface area (Å²) < 4.78 is 6.09. The fraction of sp³-hybridized carbons (Fsp3) is 0.280. The van der Waals surface area contributed by atoms with E-state index in [9.17, 15) is 9.90 Å². The summed E-state index contributed by atoms with van der Waals surface area (Å²) in [7, 11) is 0. The molecule has 0 unspecified atom stereocenters. The highest BCUT2D eigenvalue weighted by Crippen LogP contribution is 2.40. The number of anilines is 1. The standard InChI is InChI=1S/C25H28N4O3/c1-14-3-4-21(30)15(2)23(14)19-11-17(12-20(24(19)26)25(27)31)16-5-10-29-22(13-16)32-18-6-8-28-9-7-18/h3-5,10-13,18,28,30H,6-9,26H2,1-2H3,(H2,27,31). The number of phenolic OH excluding ortho intramolecular Hbond substituents is 1. The van der Waals surface area contributed by atoms with Crippen LogP contribution in [0.5, 0.6) is 11.6 Å². The van der Waals surface area contributed by atoms with Crippen LogP contribution >= 0.6 is 0 Å². The molecule has 4 rings (SSSR count). The van der Waals surface area contributed by atoms with Crippen molar-refractivity contribution in [2.45, 2.75) is 32.8 Å². The Balaban J connectivity index is 1.82. The number of carbonyl (C=O) groups is 1. The summed E-state index contributed by atoms with van der Waals surface area (Å²) in [5.74, 6) is 0.0945. The number of nitrogens with two attached hydrogens (primary N) is 2. The van der Waals surface area contributed by atoms with Gasteiger partial charge in [0.1, 0.15) is 11.9 Å². The molecule has 0 atom stereocenters. The number of phenols is 1. The van der Waals surface area contributed by atoms with Gasteiger partial charge in [-0.3, -0.25) is 4.79 Å². The third-order valence-corrected chi connectivity index (χ3v) is 6.00. The van der Waals surface area contributed by atoms with Crippen LogP contribution in [0.25, 0.3) is 22.3 Å². The molecule has 1 amide bonds. The largest absolute Gasteiger partial charge is 0.508 e. The van der Waals surface area contributed by atoms with Gasteiger partial charge in [-0.1, -0.05) is 6.07 Å². The zero-order chi connectivity index (χ0) is 22.8. The molecule has 0 saturated carbocycles. The molecule has 2 aromatic carbocycles. The van der Waals surface area contributed by atoms with E-state index in [0.29, 0.717) is 22.7 Å². The molecule has 6 N–H and O–H groups in total. The van der Waals surface area contributed by atoms with Crippen LogP contribution in [0.3, 0.4) is 0 Å². The van der Waals surface area contributed by atoms with E-state index in [4.69, 9.17) is 16.2 Å². The number of benzene rings is 2. The molecule has 7 heteroatoms. The predicted molar refractivity (Wildman–Crippen MR) is 126 cm³/mol. The molecule has 0 spiro atoms. The van der Waals surface area contributed by atoms with Crippen LogP contribution in [0.2, 0.25) is 0 Å². The van der Waals surface area contributed by atoms with Crippen molar-refractivity contribution >= 4 is 11.6 Å². The molecule has 1 aliphatic rings. The topological polar surface area (TPSA) is 123 Å². The zero-order valence-electron chi connectivity index (χ0n) is 18.3. The van der Waals surface area contributed by atoms with E-state index in [2.05, 4.69) is 10.3 Å². The number of nitrogens with one attached hydrogen (secondary N) is 1. The molecule has 0 aliphatic carbocycles. The Kier molecular flexibility index (Phi) is 6.01. The number of aromatic nitrogens is 1. The van der Waals surface area contributed by atoms with Crippen LogP contribution in [0, 0.1) is 13.8 Å². The highest BCUT2D eigenvalue weighted by atomic mass is 16.5. The number of hydrogen-bond donors (Lipinski definition) is 4. The number of aryl methyl sites for hydroxylation is 1. The smallest absolute Gasteiger partial charge is 0.250 e. The van der Waals surface area contributed by atoms with E-state index in [0.717, 1.165) is 48.2 Å². The van der Waals surface area contributed by atoms with Gasteiger partial charge in [0.05, 0.1) is 11.3 Å². The molecular weight excluding hydrogens is 404 g/mol. The zero-order valence-corrected chi connectivity index (χ0v) is 18.3. The lowest BCUT2D eigenvalue weighted by atomic mass is 9.89. The number of hydrogen-bond acceptors (Lipinski definition) is 6. The van der Waals surface area contributed by atoms with Crippen LogP contribution < -0.4 is 21.5 Å². The van der Waals surface area contributed by atoms with Gasteiger partial charge in [0.25, 0.3) is 5.91 Å². The van der Waals surface area contributed by atoms with Gasteiger partial charge in [0.2, 0.25) is 5.88 Å². The molecule has 7 nitrogen and oxygen atoms in total. The number of amides is 1. The number of ether oxygens (including phenoxy) is 1. The molecule has 166 valence electrons. The van der Waals surface area contributed by atoms with E-state index in [1.54, 1.807) is 18.3 Å². The fourth-order valence-corrected chi connectivity index (χ4v) is 4.22. The quantitative estimate of drug-likeness (QED) is 0.457. The van der Waals surface area contributed by atoms with E-state index >= 15 is 0 Å². The van der Waals surface area contributed by atoms with Crippen LogP contribution in [0.4, 0.5) is 5.69 Å². The second-order valence-electron chi connectivity index (χ2n) is 8.20. The summed E-state index contributed by atoms with van der Waals surface area (Å²) in [6, 6.07) is 10.8. The summed E-state index contributed by atoms with van der Waals surface area (Å²) in [5.41, 5.74) is 17.2. The molecule has 2 heterocycles. The van der Waals surface area contributed by atoms with Crippen LogP contribution in [-0.2, 0) is 0 Å². The van der Waals surface area contributed by atoms with Crippen molar-refractivity contribution in [1.29, 1.82) is 0 Å². The number of aromatic hydroxyl groups is 1. The summed E-state index contributed by atoms with van der Waals surface area (Å²) >= 11 is 0. The first kappa shape index (κ1) is 21.6. The van der Waals surface area contributed by atoms with Gasteiger partial charge in [0.15, 0.2) is 0 Å². The van der Waals surface area contributed by atoms with Gasteiger partial charge >= 0.3 is 0 Å².